The molecule has 0 saturated carbocycles. The van der Waals surface area contributed by atoms with Crippen LogP contribution in [-0.4, -0.2) is 11.5 Å². The van der Waals surface area contributed by atoms with E-state index in [9.17, 15) is 4.57 Å². The van der Waals surface area contributed by atoms with E-state index in [1.807, 2.05) is 0 Å². The van der Waals surface area contributed by atoms with Crippen LogP contribution in [0, 0.1) is 5.92 Å². The first-order valence-corrected chi connectivity index (χ1v) is 6.12. The fraction of sp³-hybridized carbons (Fsp3) is 1.00. The van der Waals surface area contributed by atoms with Crippen molar-refractivity contribution >= 4 is 8.25 Å². The topological polar surface area (TPSA) is 46.5 Å². The summed E-state index contributed by atoms with van der Waals surface area (Å²) in [7, 11) is -2.41. The summed E-state index contributed by atoms with van der Waals surface area (Å²) in [5.41, 5.74) is 0. The Labute approximate surface area is 81.4 Å². The Bertz CT molecular complexity index is 139. The molecule has 0 aliphatic carbocycles. The zero-order valence-corrected chi connectivity index (χ0v) is 9.43. The SMILES string of the molecule is CCCCC(CCC)CO[P+](=O)O. The van der Waals surface area contributed by atoms with Gasteiger partial charge in [0.25, 0.3) is 0 Å². The smallest absolute Gasteiger partial charge is 0.133 e. The molecule has 0 aliphatic rings. The monoisotopic (exact) mass is 207 g/mol. The lowest BCUT2D eigenvalue weighted by Crippen LogP contribution is -2.06. The Morgan fingerprint density at radius 1 is 1.31 bits per heavy atom. The van der Waals surface area contributed by atoms with Crippen LogP contribution in [-0.2, 0) is 9.09 Å². The predicted molar refractivity (Wildman–Crippen MR) is 53.7 cm³/mol. The minimum atomic E-state index is -2.41. The van der Waals surface area contributed by atoms with Crippen LogP contribution in [0.15, 0.2) is 0 Å². The van der Waals surface area contributed by atoms with Crippen LogP contribution in [0.1, 0.15) is 46.0 Å². The van der Waals surface area contributed by atoms with Crippen molar-refractivity contribution < 1.29 is 14.0 Å². The van der Waals surface area contributed by atoms with Crippen molar-refractivity contribution in [3.05, 3.63) is 0 Å². The lowest BCUT2D eigenvalue weighted by molar-refractivity contribution is 0.214. The van der Waals surface area contributed by atoms with Gasteiger partial charge in [-0.15, -0.1) is 9.42 Å². The molecule has 0 aromatic carbocycles. The first-order valence-electron chi connectivity index (χ1n) is 4.99. The van der Waals surface area contributed by atoms with E-state index in [-0.39, 0.29) is 0 Å². The Hall–Kier alpha value is 0.0200. The van der Waals surface area contributed by atoms with Gasteiger partial charge in [0.1, 0.15) is 6.61 Å². The van der Waals surface area contributed by atoms with E-state index in [2.05, 4.69) is 13.8 Å². The minimum absolute atomic E-state index is 0.430. The molecule has 13 heavy (non-hydrogen) atoms. The molecule has 0 aromatic heterocycles. The standard InChI is InChI=1S/C9H19O3P/c1-3-5-7-9(6-4-2)8-12-13(10)11/h9H,3-8H2,1-2H3/p+1. The molecule has 2 atom stereocenters. The van der Waals surface area contributed by atoms with E-state index in [4.69, 9.17) is 9.42 Å². The van der Waals surface area contributed by atoms with E-state index >= 15 is 0 Å². The third kappa shape index (κ3) is 8.35. The van der Waals surface area contributed by atoms with Crippen molar-refractivity contribution in [3.63, 3.8) is 0 Å². The van der Waals surface area contributed by atoms with Crippen molar-refractivity contribution in [1.29, 1.82) is 0 Å². The molecule has 4 heteroatoms. The van der Waals surface area contributed by atoms with Crippen molar-refractivity contribution in [2.24, 2.45) is 5.92 Å². The maximum absolute atomic E-state index is 10.3. The van der Waals surface area contributed by atoms with Gasteiger partial charge >= 0.3 is 8.25 Å². The molecule has 0 saturated heterocycles. The summed E-state index contributed by atoms with van der Waals surface area (Å²) >= 11 is 0. The molecule has 0 amide bonds. The Morgan fingerprint density at radius 2 is 2.00 bits per heavy atom. The molecule has 0 rings (SSSR count). The molecule has 0 aromatic rings. The summed E-state index contributed by atoms with van der Waals surface area (Å²) in [4.78, 5) is 8.48. The van der Waals surface area contributed by atoms with Crippen molar-refractivity contribution in [1.82, 2.24) is 0 Å². The second-order valence-electron chi connectivity index (χ2n) is 3.33. The summed E-state index contributed by atoms with van der Waals surface area (Å²) in [6.45, 7) is 4.70. The molecule has 0 heterocycles. The van der Waals surface area contributed by atoms with E-state index < -0.39 is 8.25 Å². The van der Waals surface area contributed by atoms with Gasteiger partial charge in [0.05, 0.1) is 0 Å². The first-order chi connectivity index (χ1) is 6.20. The Balaban J connectivity index is 3.59. The third-order valence-corrected chi connectivity index (χ3v) is 2.45. The fourth-order valence-electron chi connectivity index (χ4n) is 1.38. The van der Waals surface area contributed by atoms with E-state index in [0.717, 1.165) is 19.3 Å². The maximum Gasteiger partial charge on any atom is 0.694 e. The molecule has 78 valence electrons. The van der Waals surface area contributed by atoms with Crippen LogP contribution in [0.2, 0.25) is 0 Å². The van der Waals surface area contributed by atoms with E-state index in [1.54, 1.807) is 0 Å². The van der Waals surface area contributed by atoms with E-state index in [1.165, 1.54) is 12.8 Å². The molecule has 0 spiro atoms. The molecule has 0 radical (unpaired) electrons. The number of hydrogen-bond acceptors (Lipinski definition) is 2. The lowest BCUT2D eigenvalue weighted by atomic mass is 9.98. The van der Waals surface area contributed by atoms with Gasteiger partial charge in [0.2, 0.25) is 0 Å². The van der Waals surface area contributed by atoms with Crippen LogP contribution in [0.25, 0.3) is 0 Å². The summed E-state index contributed by atoms with van der Waals surface area (Å²) in [6.07, 6.45) is 5.65. The van der Waals surface area contributed by atoms with E-state index in [0.29, 0.717) is 12.5 Å². The van der Waals surface area contributed by atoms with Crippen molar-refractivity contribution in [2.75, 3.05) is 6.61 Å². The quantitative estimate of drug-likeness (QED) is 0.621. The number of hydrogen-bond donors (Lipinski definition) is 1. The maximum atomic E-state index is 10.3. The van der Waals surface area contributed by atoms with Crippen molar-refractivity contribution in [2.45, 2.75) is 46.0 Å². The molecular formula is C9H20O3P+. The molecule has 3 nitrogen and oxygen atoms in total. The molecule has 0 aliphatic heterocycles. The highest BCUT2D eigenvalue weighted by molar-refractivity contribution is 7.32. The highest BCUT2D eigenvalue weighted by atomic mass is 31.1. The van der Waals surface area contributed by atoms with Crippen LogP contribution >= 0.6 is 8.25 Å². The van der Waals surface area contributed by atoms with Crippen LogP contribution in [0.5, 0.6) is 0 Å². The number of unbranched alkanes of at least 4 members (excludes halogenated alkanes) is 1. The Morgan fingerprint density at radius 3 is 2.46 bits per heavy atom. The van der Waals surface area contributed by atoms with Gasteiger partial charge in [-0.1, -0.05) is 33.1 Å². The average molecular weight is 207 g/mol. The second kappa shape index (κ2) is 8.61. The second-order valence-corrected chi connectivity index (χ2v) is 4.06. The Kier molecular flexibility index (Phi) is 8.62. The van der Waals surface area contributed by atoms with Gasteiger partial charge < -0.3 is 0 Å². The molecule has 2 unspecified atom stereocenters. The van der Waals surface area contributed by atoms with Crippen molar-refractivity contribution in [3.8, 4) is 0 Å². The van der Waals surface area contributed by atoms with Crippen LogP contribution < -0.4 is 0 Å². The molecule has 0 fully saturated rings. The van der Waals surface area contributed by atoms with Gasteiger partial charge in [-0.05, 0) is 18.8 Å². The largest absolute Gasteiger partial charge is 0.694 e. The highest BCUT2D eigenvalue weighted by Crippen LogP contribution is 2.21. The van der Waals surface area contributed by atoms with Crippen LogP contribution in [0.4, 0.5) is 0 Å². The summed E-state index contributed by atoms with van der Waals surface area (Å²) < 4.78 is 15.0. The first kappa shape index (κ1) is 13.0. The zero-order valence-electron chi connectivity index (χ0n) is 8.53. The number of rotatable bonds is 8. The predicted octanol–water partition coefficient (Wildman–Crippen LogP) is 3.26. The van der Waals surface area contributed by atoms with Gasteiger partial charge in [0.15, 0.2) is 0 Å². The zero-order chi connectivity index (χ0) is 10.1. The normalized spacial score (nSPS) is 14.2. The average Bonchev–Trinajstić information content (AvgIpc) is 2.09. The lowest BCUT2D eigenvalue weighted by Gasteiger charge is -2.10. The highest BCUT2D eigenvalue weighted by Gasteiger charge is 2.16. The fourth-order valence-corrected chi connectivity index (χ4v) is 1.72. The summed E-state index contributed by atoms with van der Waals surface area (Å²) in [5, 5.41) is 0. The third-order valence-electron chi connectivity index (χ3n) is 2.08. The van der Waals surface area contributed by atoms with Crippen LogP contribution in [0.3, 0.4) is 0 Å². The summed E-state index contributed by atoms with van der Waals surface area (Å²) in [5.74, 6) is 0.455. The minimum Gasteiger partial charge on any atom is -0.133 e. The molecular weight excluding hydrogens is 187 g/mol. The van der Waals surface area contributed by atoms with Gasteiger partial charge in [0, 0.05) is 4.57 Å². The van der Waals surface area contributed by atoms with Gasteiger partial charge in [-0.25, -0.2) is 0 Å². The van der Waals surface area contributed by atoms with Gasteiger partial charge in [-0.3, -0.25) is 0 Å². The molecule has 0 bridgehead atoms. The molecule has 1 N–H and O–H groups in total. The van der Waals surface area contributed by atoms with Gasteiger partial charge in [-0.2, -0.15) is 0 Å². The summed E-state index contributed by atoms with van der Waals surface area (Å²) in [6, 6.07) is 0.